The molecule has 0 aliphatic carbocycles. The lowest BCUT2D eigenvalue weighted by Gasteiger charge is -2.11. The molecule has 1 amide bonds. The molecule has 1 N–H and O–H groups in total. The van der Waals surface area contributed by atoms with Gasteiger partial charge in [0, 0.05) is 30.7 Å². The Morgan fingerprint density at radius 3 is 2.80 bits per heavy atom. The van der Waals surface area contributed by atoms with E-state index in [9.17, 15) is 17.6 Å². The van der Waals surface area contributed by atoms with Crippen LogP contribution >= 0.6 is 0 Å². The van der Waals surface area contributed by atoms with Crippen LogP contribution in [0.15, 0.2) is 30.5 Å². The zero-order chi connectivity index (χ0) is 21.9. The number of aromatic nitrogens is 3. The van der Waals surface area contributed by atoms with Crippen molar-refractivity contribution in [3.63, 3.8) is 0 Å². The van der Waals surface area contributed by atoms with Crippen molar-refractivity contribution in [3.8, 4) is 5.82 Å². The first-order valence-corrected chi connectivity index (χ1v) is 11.3. The van der Waals surface area contributed by atoms with Gasteiger partial charge in [-0.3, -0.25) is 4.68 Å². The average Bonchev–Trinajstić information content (AvgIpc) is 3.18. The first kappa shape index (κ1) is 21.8. The molecule has 2 aromatic heterocycles. The van der Waals surface area contributed by atoms with Crippen molar-refractivity contribution in [1.82, 2.24) is 19.7 Å². The molecule has 8 nitrogen and oxygen atoms in total. The van der Waals surface area contributed by atoms with Crippen LogP contribution in [0.5, 0.6) is 0 Å². The highest BCUT2D eigenvalue weighted by Gasteiger charge is 2.22. The Balaban J connectivity index is 1.81. The molecule has 0 radical (unpaired) electrons. The molecule has 0 saturated heterocycles. The van der Waals surface area contributed by atoms with Crippen molar-refractivity contribution in [3.05, 3.63) is 47.5 Å². The molecule has 0 aliphatic rings. The Labute approximate surface area is 174 Å². The Morgan fingerprint density at radius 1 is 1.30 bits per heavy atom. The maximum atomic E-state index is 13.5. The summed E-state index contributed by atoms with van der Waals surface area (Å²) < 4.78 is 46.1. The first-order chi connectivity index (χ1) is 14.2. The van der Waals surface area contributed by atoms with Crippen LogP contribution < -0.4 is 5.32 Å². The molecule has 3 rings (SSSR count). The van der Waals surface area contributed by atoms with Gasteiger partial charge >= 0.3 is 16.2 Å². The molecule has 0 bridgehead atoms. The molecule has 3 aromatic rings. The Bertz CT molecular complexity index is 1170. The van der Waals surface area contributed by atoms with Crippen LogP contribution in [0.3, 0.4) is 0 Å². The number of halogens is 1. The number of hydrogen-bond acceptors (Lipinski definition) is 5. The van der Waals surface area contributed by atoms with Crippen molar-refractivity contribution in [2.75, 3.05) is 12.3 Å². The molecule has 0 spiro atoms. The third-order valence-corrected chi connectivity index (χ3v) is 5.91. The number of benzene rings is 1. The highest BCUT2D eigenvalue weighted by molar-refractivity contribution is 7.87. The second-order valence-electron chi connectivity index (χ2n) is 7.06. The number of amides is 1. The van der Waals surface area contributed by atoms with Crippen LogP contribution in [-0.4, -0.2) is 41.2 Å². The van der Waals surface area contributed by atoms with E-state index in [1.165, 1.54) is 12.1 Å². The minimum atomic E-state index is -4.07. The summed E-state index contributed by atoms with van der Waals surface area (Å²) >= 11 is 0. The normalized spacial score (nSPS) is 11.7. The Morgan fingerprint density at radius 2 is 2.07 bits per heavy atom. The van der Waals surface area contributed by atoms with Gasteiger partial charge in [-0.25, -0.2) is 9.18 Å². The van der Waals surface area contributed by atoms with Crippen LogP contribution in [0.2, 0.25) is 0 Å². The molecule has 30 heavy (non-hydrogen) atoms. The van der Waals surface area contributed by atoms with E-state index in [2.05, 4.69) is 14.6 Å². The monoisotopic (exact) mass is 436 g/mol. The topological polar surface area (TPSA) is 95.2 Å². The van der Waals surface area contributed by atoms with Crippen molar-refractivity contribution in [2.24, 2.45) is 7.05 Å². The van der Waals surface area contributed by atoms with E-state index in [1.807, 2.05) is 11.5 Å². The van der Waals surface area contributed by atoms with Gasteiger partial charge in [0.05, 0.1) is 17.0 Å². The quantitative estimate of drug-likeness (QED) is 0.432. The van der Waals surface area contributed by atoms with Crippen LogP contribution in [0.1, 0.15) is 31.0 Å². The van der Waals surface area contributed by atoms with E-state index in [-0.39, 0.29) is 18.0 Å². The predicted octanol–water partition coefficient (Wildman–Crippen LogP) is 3.21. The standard InChI is InChI=1S/C20H25FN4O4S/c1-4-5-10-22-20(26)29-30(27,28)12-9-17-14(2)23-24(3)19(17)25-11-8-15-13-16(21)6-7-18(15)25/h6-8,11,13H,4-5,9-10,12H2,1-3H3,(H,22,26). The third kappa shape index (κ3) is 4.81. The minimum Gasteiger partial charge on any atom is -0.328 e. The highest BCUT2D eigenvalue weighted by atomic mass is 32.2. The minimum absolute atomic E-state index is 0.112. The zero-order valence-electron chi connectivity index (χ0n) is 17.2. The summed E-state index contributed by atoms with van der Waals surface area (Å²) in [4.78, 5) is 11.7. The lowest BCUT2D eigenvalue weighted by atomic mass is 10.2. The Kier molecular flexibility index (Phi) is 6.45. The van der Waals surface area contributed by atoms with Crippen molar-refractivity contribution in [1.29, 1.82) is 0 Å². The van der Waals surface area contributed by atoms with Crippen LogP contribution in [0.4, 0.5) is 9.18 Å². The zero-order valence-corrected chi connectivity index (χ0v) is 18.0. The molecule has 0 fully saturated rings. The molecule has 0 unspecified atom stereocenters. The van der Waals surface area contributed by atoms with Crippen molar-refractivity contribution in [2.45, 2.75) is 33.1 Å². The van der Waals surface area contributed by atoms with Crippen molar-refractivity contribution >= 4 is 27.1 Å². The van der Waals surface area contributed by atoms with Crippen LogP contribution in [-0.2, 0) is 27.8 Å². The number of nitrogens with zero attached hydrogens (tertiary/aromatic N) is 3. The number of nitrogens with one attached hydrogen (secondary N) is 1. The van der Waals surface area contributed by atoms with Gasteiger partial charge in [-0.2, -0.15) is 13.5 Å². The largest absolute Gasteiger partial charge is 0.422 e. The number of fused-ring (bicyclic) bond motifs is 1. The number of unbranched alkanes of at least 4 members (excludes halogenated alkanes) is 1. The summed E-state index contributed by atoms with van der Waals surface area (Å²) in [6, 6.07) is 6.25. The van der Waals surface area contributed by atoms with Gasteiger partial charge < -0.3 is 14.1 Å². The van der Waals surface area contributed by atoms with Gasteiger partial charge in [0.25, 0.3) is 0 Å². The summed E-state index contributed by atoms with van der Waals surface area (Å²) in [5, 5.41) is 7.55. The fourth-order valence-electron chi connectivity index (χ4n) is 3.36. The van der Waals surface area contributed by atoms with Gasteiger partial charge in [-0.15, -0.1) is 0 Å². The molecule has 162 valence electrons. The second kappa shape index (κ2) is 8.86. The summed E-state index contributed by atoms with van der Waals surface area (Å²) in [5.74, 6) is -0.0273. The van der Waals surface area contributed by atoms with Gasteiger partial charge in [0.2, 0.25) is 0 Å². The van der Waals surface area contributed by atoms with Gasteiger partial charge in [-0.1, -0.05) is 13.3 Å². The number of rotatable bonds is 8. The number of carbonyl (C=O) groups is 1. The number of carbonyl (C=O) groups excluding carboxylic acids is 1. The van der Waals surface area contributed by atoms with E-state index in [4.69, 9.17) is 0 Å². The summed E-state index contributed by atoms with van der Waals surface area (Å²) in [6.07, 6.45) is 2.54. The summed E-state index contributed by atoms with van der Waals surface area (Å²) in [5.41, 5.74) is 2.15. The predicted molar refractivity (Wildman–Crippen MR) is 112 cm³/mol. The SMILES string of the molecule is CCCCNC(=O)OS(=O)(=O)CCc1c(C)nn(C)c1-n1ccc2cc(F)ccc21. The molecule has 0 atom stereocenters. The van der Waals surface area contributed by atoms with Gasteiger partial charge in [-0.05, 0) is 44.0 Å². The van der Waals surface area contributed by atoms with Gasteiger partial charge in [0.15, 0.2) is 0 Å². The van der Waals surface area contributed by atoms with E-state index in [0.717, 1.165) is 23.7 Å². The molecule has 0 saturated carbocycles. The van der Waals surface area contributed by atoms with E-state index < -0.39 is 16.2 Å². The smallest absolute Gasteiger partial charge is 0.328 e. The van der Waals surface area contributed by atoms with Crippen molar-refractivity contribution < 1.29 is 21.8 Å². The fourth-order valence-corrected chi connectivity index (χ4v) is 4.19. The van der Waals surface area contributed by atoms with E-state index in [1.54, 1.807) is 37.0 Å². The number of aryl methyl sites for hydroxylation is 2. The maximum Gasteiger partial charge on any atom is 0.422 e. The number of hydrogen-bond donors (Lipinski definition) is 1. The summed E-state index contributed by atoms with van der Waals surface area (Å²) in [6.45, 7) is 4.11. The first-order valence-electron chi connectivity index (χ1n) is 9.71. The summed E-state index contributed by atoms with van der Waals surface area (Å²) in [7, 11) is -2.31. The lowest BCUT2D eigenvalue weighted by molar-refractivity contribution is 0.202. The van der Waals surface area contributed by atoms with Gasteiger partial charge in [0.1, 0.15) is 11.6 Å². The second-order valence-corrected chi connectivity index (χ2v) is 8.75. The molecular weight excluding hydrogens is 411 g/mol. The molecule has 1 aromatic carbocycles. The molecule has 10 heteroatoms. The fraction of sp³-hybridized carbons (Fsp3) is 0.400. The maximum absolute atomic E-state index is 13.5. The molecule has 0 aliphatic heterocycles. The van der Waals surface area contributed by atoms with E-state index in [0.29, 0.717) is 23.6 Å². The third-order valence-electron chi connectivity index (χ3n) is 4.80. The van der Waals surface area contributed by atoms with Crippen LogP contribution in [0.25, 0.3) is 16.7 Å². The Hall–Kier alpha value is -2.88. The van der Waals surface area contributed by atoms with E-state index >= 15 is 0 Å². The average molecular weight is 437 g/mol. The molecular formula is C20H25FN4O4S. The lowest BCUT2D eigenvalue weighted by Crippen LogP contribution is -2.29. The van der Waals surface area contributed by atoms with Crippen LogP contribution in [0, 0.1) is 12.7 Å². The highest BCUT2D eigenvalue weighted by Crippen LogP contribution is 2.25. The molecule has 2 heterocycles.